The molecule has 0 unspecified atom stereocenters. The number of nitrogens with one attached hydrogen (secondary N) is 1. The Balaban J connectivity index is 2.65. The largest absolute Gasteiger partial charge is 0.508 e. The van der Waals surface area contributed by atoms with Crippen LogP contribution in [0.4, 0.5) is 10.5 Å². The van der Waals surface area contributed by atoms with E-state index in [4.69, 9.17) is 10.5 Å². The number of carbonyl (C=O) groups is 1. The van der Waals surface area contributed by atoms with E-state index >= 15 is 0 Å². The topological polar surface area (TPSA) is 84.6 Å². The van der Waals surface area contributed by atoms with E-state index in [0.717, 1.165) is 12.0 Å². The first-order valence-electron chi connectivity index (χ1n) is 6.75. The third-order valence-corrected chi connectivity index (χ3v) is 2.60. The van der Waals surface area contributed by atoms with Gasteiger partial charge in [-0.25, -0.2) is 4.79 Å². The number of ether oxygens (including phenoxy) is 1. The van der Waals surface area contributed by atoms with E-state index in [2.05, 4.69) is 5.32 Å². The second-order valence-corrected chi connectivity index (χ2v) is 5.99. The van der Waals surface area contributed by atoms with Crippen LogP contribution >= 0.6 is 0 Å². The fourth-order valence-electron chi connectivity index (χ4n) is 1.66. The Morgan fingerprint density at radius 2 is 2.10 bits per heavy atom. The number of aryl methyl sites for hydroxylation is 1. The van der Waals surface area contributed by atoms with E-state index in [9.17, 15) is 9.90 Å². The number of hydrogen-bond donors (Lipinski definition) is 3. The van der Waals surface area contributed by atoms with Gasteiger partial charge in [0.25, 0.3) is 0 Å². The summed E-state index contributed by atoms with van der Waals surface area (Å²) < 4.78 is 5.14. The summed E-state index contributed by atoms with van der Waals surface area (Å²) in [7, 11) is 0. The maximum atomic E-state index is 11.6. The minimum atomic E-state index is -0.552. The van der Waals surface area contributed by atoms with Crippen molar-refractivity contribution in [2.75, 3.05) is 5.32 Å². The molecule has 1 amide bonds. The summed E-state index contributed by atoms with van der Waals surface area (Å²) in [4.78, 5) is 11.6. The minimum Gasteiger partial charge on any atom is -0.508 e. The van der Waals surface area contributed by atoms with Gasteiger partial charge in [-0.1, -0.05) is 6.07 Å². The van der Waals surface area contributed by atoms with Gasteiger partial charge in [0, 0.05) is 17.8 Å². The Morgan fingerprint density at radius 1 is 1.45 bits per heavy atom. The van der Waals surface area contributed by atoms with E-state index in [-0.39, 0.29) is 11.8 Å². The van der Waals surface area contributed by atoms with Crippen LogP contribution in [0.5, 0.6) is 5.75 Å². The average molecular weight is 280 g/mol. The van der Waals surface area contributed by atoms with Crippen molar-refractivity contribution < 1.29 is 14.6 Å². The van der Waals surface area contributed by atoms with Crippen LogP contribution < -0.4 is 11.1 Å². The van der Waals surface area contributed by atoms with Gasteiger partial charge in [-0.05, 0) is 52.2 Å². The minimum absolute atomic E-state index is 0.0916. The van der Waals surface area contributed by atoms with Crippen LogP contribution in [0.3, 0.4) is 0 Å². The molecule has 0 radical (unpaired) electrons. The van der Waals surface area contributed by atoms with Crippen LogP contribution in [-0.2, 0) is 11.2 Å². The Labute approximate surface area is 120 Å². The van der Waals surface area contributed by atoms with Crippen molar-refractivity contribution in [3.63, 3.8) is 0 Å². The van der Waals surface area contributed by atoms with E-state index in [1.54, 1.807) is 32.9 Å². The predicted octanol–water partition coefficient (Wildman–Crippen LogP) is 3.02. The van der Waals surface area contributed by atoms with Crippen LogP contribution in [0.1, 0.15) is 39.7 Å². The van der Waals surface area contributed by atoms with E-state index in [1.807, 2.05) is 6.92 Å². The molecule has 0 spiro atoms. The first kappa shape index (κ1) is 16.3. The smallest absolute Gasteiger partial charge is 0.412 e. The molecule has 1 aromatic rings. The number of nitrogens with two attached hydrogens (primary N) is 1. The number of benzene rings is 1. The average Bonchev–Trinajstić information content (AvgIpc) is 2.24. The van der Waals surface area contributed by atoms with Gasteiger partial charge in [-0.3, -0.25) is 5.32 Å². The zero-order valence-electron chi connectivity index (χ0n) is 12.6. The molecule has 0 heterocycles. The van der Waals surface area contributed by atoms with Gasteiger partial charge in [-0.15, -0.1) is 0 Å². The third kappa shape index (κ3) is 5.93. The molecule has 112 valence electrons. The number of phenols is 1. The van der Waals surface area contributed by atoms with Crippen LogP contribution in [0.2, 0.25) is 0 Å². The summed E-state index contributed by atoms with van der Waals surface area (Å²) in [6.45, 7) is 7.30. The van der Waals surface area contributed by atoms with Crippen LogP contribution in [-0.4, -0.2) is 22.8 Å². The molecule has 0 saturated carbocycles. The van der Waals surface area contributed by atoms with Gasteiger partial charge < -0.3 is 15.6 Å². The Morgan fingerprint density at radius 3 is 2.60 bits per heavy atom. The molecule has 0 aliphatic rings. The number of amides is 1. The molecule has 0 fully saturated rings. The van der Waals surface area contributed by atoms with Crippen LogP contribution in [0.25, 0.3) is 0 Å². The van der Waals surface area contributed by atoms with Crippen LogP contribution in [0, 0.1) is 0 Å². The highest BCUT2D eigenvalue weighted by atomic mass is 16.6. The predicted molar refractivity (Wildman–Crippen MR) is 79.9 cm³/mol. The highest BCUT2D eigenvalue weighted by molar-refractivity contribution is 5.85. The molecule has 1 rings (SSSR count). The van der Waals surface area contributed by atoms with Crippen molar-refractivity contribution in [3.05, 3.63) is 23.8 Å². The number of hydrogen-bond acceptors (Lipinski definition) is 4. The van der Waals surface area contributed by atoms with Gasteiger partial charge in [0.05, 0.1) is 0 Å². The maximum absolute atomic E-state index is 11.6. The van der Waals surface area contributed by atoms with Gasteiger partial charge >= 0.3 is 6.09 Å². The molecule has 20 heavy (non-hydrogen) atoms. The summed E-state index contributed by atoms with van der Waals surface area (Å²) in [6.07, 6.45) is 0.961. The zero-order valence-corrected chi connectivity index (χ0v) is 12.6. The quantitative estimate of drug-likeness (QED) is 0.791. The first-order valence-corrected chi connectivity index (χ1v) is 6.75. The Kier molecular flexibility index (Phi) is 5.39. The van der Waals surface area contributed by atoms with Crippen molar-refractivity contribution in [1.82, 2.24) is 0 Å². The molecule has 0 aliphatic carbocycles. The lowest BCUT2D eigenvalue weighted by Crippen LogP contribution is -2.27. The van der Waals surface area contributed by atoms with Gasteiger partial charge in [0.2, 0.25) is 0 Å². The lowest BCUT2D eigenvalue weighted by atomic mass is 10.1. The Hall–Kier alpha value is -1.75. The van der Waals surface area contributed by atoms with E-state index < -0.39 is 11.7 Å². The molecule has 0 bridgehead atoms. The second kappa shape index (κ2) is 6.61. The van der Waals surface area contributed by atoms with Gasteiger partial charge in [-0.2, -0.15) is 0 Å². The summed E-state index contributed by atoms with van der Waals surface area (Å²) in [5.41, 5.74) is 6.46. The summed E-state index contributed by atoms with van der Waals surface area (Å²) >= 11 is 0. The molecule has 0 saturated heterocycles. The fourth-order valence-corrected chi connectivity index (χ4v) is 1.66. The number of rotatable bonds is 4. The SMILES string of the molecule is C[C@H](N)CCc1ccc(NC(=O)OC(C)(C)C)cc1O. The number of anilines is 1. The van der Waals surface area contributed by atoms with Crippen molar-refractivity contribution in [2.45, 2.75) is 52.2 Å². The number of carbonyl (C=O) groups excluding carboxylic acids is 1. The molecule has 5 nitrogen and oxygen atoms in total. The summed E-state index contributed by atoms with van der Waals surface area (Å²) in [6, 6.07) is 5.12. The lowest BCUT2D eigenvalue weighted by Gasteiger charge is -2.19. The molecular formula is C15H24N2O3. The van der Waals surface area contributed by atoms with Gasteiger partial charge in [0.15, 0.2) is 0 Å². The van der Waals surface area contributed by atoms with Crippen molar-refractivity contribution in [2.24, 2.45) is 5.73 Å². The van der Waals surface area contributed by atoms with Crippen LogP contribution in [0.15, 0.2) is 18.2 Å². The standard InChI is InChI=1S/C15H24N2O3/c1-10(16)5-6-11-7-8-12(9-13(11)18)17-14(19)20-15(2,3)4/h7-10,18H,5-6,16H2,1-4H3,(H,17,19)/t10-/m0/s1. The van der Waals surface area contributed by atoms with E-state index in [1.165, 1.54) is 6.07 Å². The van der Waals surface area contributed by atoms with Crippen molar-refractivity contribution in [3.8, 4) is 5.75 Å². The third-order valence-electron chi connectivity index (χ3n) is 2.60. The highest BCUT2D eigenvalue weighted by Crippen LogP contribution is 2.24. The van der Waals surface area contributed by atoms with E-state index in [0.29, 0.717) is 12.1 Å². The highest BCUT2D eigenvalue weighted by Gasteiger charge is 2.16. The number of aromatic hydroxyl groups is 1. The monoisotopic (exact) mass is 280 g/mol. The summed E-state index contributed by atoms with van der Waals surface area (Å²) in [5.74, 6) is 0.152. The second-order valence-electron chi connectivity index (χ2n) is 5.99. The zero-order chi connectivity index (χ0) is 15.3. The lowest BCUT2D eigenvalue weighted by molar-refractivity contribution is 0.0636. The normalized spacial score (nSPS) is 12.8. The van der Waals surface area contributed by atoms with Crippen molar-refractivity contribution >= 4 is 11.8 Å². The molecule has 4 N–H and O–H groups in total. The fraction of sp³-hybridized carbons (Fsp3) is 0.533. The van der Waals surface area contributed by atoms with Gasteiger partial charge in [0.1, 0.15) is 11.4 Å². The molecular weight excluding hydrogens is 256 g/mol. The molecule has 0 aliphatic heterocycles. The molecule has 1 aromatic carbocycles. The Bertz CT molecular complexity index is 465. The molecule has 0 aromatic heterocycles. The first-order chi connectivity index (χ1) is 9.17. The maximum Gasteiger partial charge on any atom is 0.412 e. The molecule has 1 atom stereocenters. The van der Waals surface area contributed by atoms with Crippen molar-refractivity contribution in [1.29, 1.82) is 0 Å². The molecule has 5 heteroatoms. The summed E-state index contributed by atoms with van der Waals surface area (Å²) in [5, 5.41) is 12.5. The number of phenolic OH excluding ortho intramolecular Hbond substituents is 1.